The van der Waals surface area contributed by atoms with Crippen molar-refractivity contribution in [2.24, 2.45) is 11.8 Å². The van der Waals surface area contributed by atoms with Gasteiger partial charge in [0.15, 0.2) is 0 Å². The molecule has 0 aromatic carbocycles. The summed E-state index contributed by atoms with van der Waals surface area (Å²) in [7, 11) is 0. The number of hydrogen-bond acceptors (Lipinski definition) is 3. The van der Waals surface area contributed by atoms with Crippen LogP contribution in [-0.4, -0.2) is 53.5 Å². The molecule has 0 aromatic rings. The number of nitrogens with one attached hydrogen (secondary N) is 1. The number of aliphatic hydroxyl groups excluding tert-OH is 1. The summed E-state index contributed by atoms with van der Waals surface area (Å²) in [6.07, 6.45) is -0.923. The predicted molar refractivity (Wildman–Crippen MR) is 45.5 cm³/mol. The normalized spacial score (nSPS) is 37.2. The fourth-order valence-electron chi connectivity index (χ4n) is 2.29. The van der Waals surface area contributed by atoms with E-state index in [1.54, 1.807) is 0 Å². The van der Waals surface area contributed by atoms with E-state index in [0.29, 0.717) is 18.4 Å². The molecule has 2 fully saturated rings. The Labute approximate surface area is 76.3 Å². The molecular weight excluding hydrogens is 172 g/mol. The summed E-state index contributed by atoms with van der Waals surface area (Å²) in [6, 6.07) is 0.174. The standard InChI is InChI=1S/C8H14N2O3/c11-2-1-10-3-5-6(4-10)7(5)9-8(12)13/h5-7,9,11H,1-4H2,(H,12,13). The van der Waals surface area contributed by atoms with Crippen LogP contribution < -0.4 is 5.32 Å². The van der Waals surface area contributed by atoms with Crippen molar-refractivity contribution >= 4 is 6.09 Å². The van der Waals surface area contributed by atoms with Crippen molar-refractivity contribution in [3.63, 3.8) is 0 Å². The van der Waals surface area contributed by atoms with Gasteiger partial charge in [0.25, 0.3) is 0 Å². The molecule has 2 rings (SSSR count). The van der Waals surface area contributed by atoms with Gasteiger partial charge in [-0.15, -0.1) is 0 Å². The predicted octanol–water partition coefficient (Wildman–Crippen LogP) is -0.824. The molecule has 13 heavy (non-hydrogen) atoms. The first-order valence-electron chi connectivity index (χ1n) is 4.55. The van der Waals surface area contributed by atoms with Crippen LogP contribution in [-0.2, 0) is 0 Å². The Morgan fingerprint density at radius 3 is 2.54 bits per heavy atom. The minimum Gasteiger partial charge on any atom is -0.465 e. The zero-order chi connectivity index (χ0) is 9.42. The lowest BCUT2D eigenvalue weighted by molar-refractivity contribution is 0.185. The van der Waals surface area contributed by atoms with Crippen LogP contribution in [0.5, 0.6) is 0 Å². The van der Waals surface area contributed by atoms with Gasteiger partial charge in [-0.25, -0.2) is 4.79 Å². The summed E-state index contributed by atoms with van der Waals surface area (Å²) < 4.78 is 0. The van der Waals surface area contributed by atoms with Crippen LogP contribution in [0.4, 0.5) is 4.79 Å². The molecule has 1 saturated carbocycles. The van der Waals surface area contributed by atoms with Crippen LogP contribution in [0.15, 0.2) is 0 Å². The molecule has 5 nitrogen and oxygen atoms in total. The maximum absolute atomic E-state index is 10.3. The molecule has 3 N–H and O–H groups in total. The number of fused-ring (bicyclic) bond motifs is 1. The van der Waals surface area contributed by atoms with Gasteiger partial charge >= 0.3 is 6.09 Å². The Morgan fingerprint density at radius 1 is 1.46 bits per heavy atom. The fourth-order valence-corrected chi connectivity index (χ4v) is 2.29. The maximum atomic E-state index is 10.3. The fraction of sp³-hybridized carbons (Fsp3) is 0.875. The Balaban J connectivity index is 1.74. The van der Waals surface area contributed by atoms with Crippen LogP contribution >= 0.6 is 0 Å². The van der Waals surface area contributed by atoms with Gasteiger partial charge in [-0.2, -0.15) is 0 Å². The summed E-state index contributed by atoms with van der Waals surface area (Å²) in [5.41, 5.74) is 0. The molecule has 1 heterocycles. The first-order chi connectivity index (χ1) is 6.22. The molecular formula is C8H14N2O3. The largest absolute Gasteiger partial charge is 0.465 e. The number of hydrogen-bond donors (Lipinski definition) is 3. The smallest absolute Gasteiger partial charge is 0.404 e. The summed E-state index contributed by atoms with van der Waals surface area (Å²) in [4.78, 5) is 12.5. The highest BCUT2D eigenvalue weighted by Gasteiger charge is 2.56. The molecule has 1 aliphatic carbocycles. The van der Waals surface area contributed by atoms with Gasteiger partial charge < -0.3 is 20.4 Å². The van der Waals surface area contributed by atoms with E-state index in [-0.39, 0.29) is 12.6 Å². The van der Waals surface area contributed by atoms with Gasteiger partial charge in [-0.05, 0) is 11.8 Å². The van der Waals surface area contributed by atoms with E-state index in [1.807, 2.05) is 0 Å². The highest BCUT2D eigenvalue weighted by atomic mass is 16.4. The molecule has 74 valence electrons. The maximum Gasteiger partial charge on any atom is 0.404 e. The molecule has 2 unspecified atom stereocenters. The average molecular weight is 186 g/mol. The zero-order valence-electron chi connectivity index (χ0n) is 7.31. The second-order valence-electron chi connectivity index (χ2n) is 3.79. The van der Waals surface area contributed by atoms with E-state index in [9.17, 15) is 4.79 Å². The molecule has 1 amide bonds. The van der Waals surface area contributed by atoms with Crippen LogP contribution in [0, 0.1) is 11.8 Å². The van der Waals surface area contributed by atoms with Crippen molar-refractivity contribution in [2.45, 2.75) is 6.04 Å². The van der Waals surface area contributed by atoms with Crippen molar-refractivity contribution in [1.29, 1.82) is 0 Å². The molecule has 0 bridgehead atoms. The Hall–Kier alpha value is -0.810. The second-order valence-corrected chi connectivity index (χ2v) is 3.79. The number of amides is 1. The summed E-state index contributed by atoms with van der Waals surface area (Å²) in [5, 5.41) is 19.7. The monoisotopic (exact) mass is 186 g/mol. The van der Waals surface area contributed by atoms with Gasteiger partial charge in [-0.1, -0.05) is 0 Å². The third-order valence-electron chi connectivity index (χ3n) is 2.98. The minimum absolute atomic E-state index is 0.174. The lowest BCUT2D eigenvalue weighted by Crippen LogP contribution is -2.34. The summed E-state index contributed by atoms with van der Waals surface area (Å²) in [6.45, 7) is 2.76. The van der Waals surface area contributed by atoms with Gasteiger partial charge in [-0.3, -0.25) is 0 Å². The highest BCUT2D eigenvalue weighted by Crippen LogP contribution is 2.45. The summed E-state index contributed by atoms with van der Waals surface area (Å²) >= 11 is 0. The van der Waals surface area contributed by atoms with Crippen LogP contribution in [0.3, 0.4) is 0 Å². The highest BCUT2D eigenvalue weighted by molar-refractivity contribution is 5.65. The molecule has 0 radical (unpaired) electrons. The number of rotatable bonds is 3. The molecule has 2 atom stereocenters. The number of piperidine rings is 1. The SMILES string of the molecule is O=C(O)NC1C2CN(CCO)CC21. The number of aliphatic hydroxyl groups is 1. The topological polar surface area (TPSA) is 72.8 Å². The lowest BCUT2D eigenvalue weighted by Gasteiger charge is -2.17. The van der Waals surface area contributed by atoms with Crippen molar-refractivity contribution in [3.05, 3.63) is 0 Å². The van der Waals surface area contributed by atoms with E-state index < -0.39 is 6.09 Å². The molecule has 5 heteroatoms. The van der Waals surface area contributed by atoms with Crippen molar-refractivity contribution in [2.75, 3.05) is 26.2 Å². The number of carboxylic acid groups (broad SMARTS) is 1. The first kappa shape index (κ1) is 8.77. The minimum atomic E-state index is -0.923. The second kappa shape index (κ2) is 3.16. The van der Waals surface area contributed by atoms with Gasteiger partial charge in [0.05, 0.1) is 6.61 Å². The number of nitrogens with zero attached hydrogens (tertiary/aromatic N) is 1. The zero-order valence-corrected chi connectivity index (χ0v) is 7.31. The van der Waals surface area contributed by atoms with Gasteiger partial charge in [0.1, 0.15) is 0 Å². The first-order valence-corrected chi connectivity index (χ1v) is 4.55. The van der Waals surface area contributed by atoms with Crippen LogP contribution in [0.1, 0.15) is 0 Å². The van der Waals surface area contributed by atoms with Gasteiger partial charge in [0, 0.05) is 25.7 Å². The van der Waals surface area contributed by atoms with Crippen LogP contribution in [0.2, 0.25) is 0 Å². The molecule has 1 aliphatic heterocycles. The van der Waals surface area contributed by atoms with E-state index in [0.717, 1.165) is 13.1 Å². The Bertz CT molecular complexity index is 209. The number of likely N-dealkylation sites (tertiary alicyclic amines) is 1. The lowest BCUT2D eigenvalue weighted by atomic mass is 10.4. The van der Waals surface area contributed by atoms with E-state index in [1.165, 1.54) is 0 Å². The molecule has 1 saturated heterocycles. The van der Waals surface area contributed by atoms with Crippen molar-refractivity contribution < 1.29 is 15.0 Å². The third-order valence-corrected chi connectivity index (χ3v) is 2.98. The van der Waals surface area contributed by atoms with Gasteiger partial charge in [0.2, 0.25) is 0 Å². The molecule has 2 aliphatic rings. The Morgan fingerprint density at radius 2 is 2.08 bits per heavy atom. The average Bonchev–Trinajstić information content (AvgIpc) is 2.56. The van der Waals surface area contributed by atoms with Crippen molar-refractivity contribution in [3.8, 4) is 0 Å². The van der Waals surface area contributed by atoms with E-state index in [4.69, 9.17) is 10.2 Å². The molecule has 0 aromatic heterocycles. The van der Waals surface area contributed by atoms with Crippen LogP contribution in [0.25, 0.3) is 0 Å². The Kier molecular flexibility index (Phi) is 2.13. The van der Waals surface area contributed by atoms with E-state index >= 15 is 0 Å². The van der Waals surface area contributed by atoms with E-state index in [2.05, 4.69) is 10.2 Å². The number of β-amino-alcohol motifs (C(OH)–C–C–N with tert-alkyl or cyclic N) is 1. The third kappa shape index (κ3) is 1.62. The molecule has 0 spiro atoms. The van der Waals surface area contributed by atoms with Crippen molar-refractivity contribution in [1.82, 2.24) is 10.2 Å². The quantitative estimate of drug-likeness (QED) is 0.538. The summed E-state index contributed by atoms with van der Waals surface area (Å²) in [5.74, 6) is 0.977. The number of carbonyl (C=O) groups is 1.